The number of hydrogen-bond acceptors (Lipinski definition) is 10. The molecule has 0 unspecified atom stereocenters. The first-order valence-corrected chi connectivity index (χ1v) is 8.72. The summed E-state index contributed by atoms with van der Waals surface area (Å²) >= 11 is 0. The molecule has 0 spiro atoms. The smallest absolute Gasteiger partial charge is 0.183 e. The van der Waals surface area contributed by atoms with Crippen LogP contribution in [0.25, 0.3) is 11.1 Å². The zero-order valence-electron chi connectivity index (χ0n) is 15.5. The first kappa shape index (κ1) is 19.9. The number of nitrogen functional groups attached to an aromatic ring is 1. The molecule has 0 fully saturated rings. The molecule has 29 heavy (non-hydrogen) atoms. The number of carbonyl (C=O) groups is 1. The number of aromatic nitrogens is 4. The molecule has 0 aliphatic carbocycles. The van der Waals surface area contributed by atoms with Gasteiger partial charge in [-0.3, -0.25) is 9.79 Å². The molecule has 3 heterocycles. The third-order valence-electron chi connectivity index (χ3n) is 4.05. The maximum Gasteiger partial charge on any atom is 0.183 e. The van der Waals surface area contributed by atoms with Crippen molar-refractivity contribution in [2.45, 2.75) is 6.54 Å². The number of fused-ring (bicyclic) bond motifs is 1. The van der Waals surface area contributed by atoms with E-state index in [0.717, 1.165) is 11.8 Å². The van der Waals surface area contributed by atoms with Crippen molar-refractivity contribution < 1.29 is 9.90 Å². The number of hydrazine groups is 1. The number of aldehydes is 1. The van der Waals surface area contributed by atoms with Gasteiger partial charge < -0.3 is 21.6 Å². The molecule has 11 nitrogen and oxygen atoms in total. The van der Waals surface area contributed by atoms with E-state index in [1.807, 2.05) is 12.1 Å². The summed E-state index contributed by atoms with van der Waals surface area (Å²) in [5, 5.41) is 16.1. The number of pyridine rings is 1. The molecule has 0 saturated carbocycles. The topological polar surface area (TPSA) is 169 Å². The molecule has 7 N–H and O–H groups in total. The molecule has 3 aromatic rings. The second-order valence-corrected chi connectivity index (χ2v) is 5.91. The third kappa shape index (κ3) is 4.54. The second kappa shape index (κ2) is 9.39. The van der Waals surface area contributed by atoms with Gasteiger partial charge in [0.2, 0.25) is 0 Å². The molecule has 0 saturated heterocycles. The Kier molecular flexibility index (Phi) is 6.45. The molecule has 0 atom stereocenters. The summed E-state index contributed by atoms with van der Waals surface area (Å²) in [6.07, 6.45) is 8.45. The van der Waals surface area contributed by atoms with Crippen LogP contribution in [0.2, 0.25) is 0 Å². The molecule has 11 heteroatoms. The highest BCUT2D eigenvalue weighted by Gasteiger charge is 2.10. The van der Waals surface area contributed by atoms with Gasteiger partial charge in [-0.25, -0.2) is 20.3 Å². The lowest BCUT2D eigenvalue weighted by molar-refractivity contribution is 0.112. The molecule has 0 aliphatic rings. The molecule has 0 radical (unpaired) electrons. The fourth-order valence-electron chi connectivity index (χ4n) is 2.60. The van der Waals surface area contributed by atoms with Crippen molar-refractivity contribution in [3.05, 3.63) is 53.7 Å². The largest absolute Gasteiger partial charge is 0.404 e. The van der Waals surface area contributed by atoms with Crippen LogP contribution < -0.4 is 22.3 Å². The van der Waals surface area contributed by atoms with E-state index in [1.54, 1.807) is 10.7 Å². The van der Waals surface area contributed by atoms with Gasteiger partial charge in [0.25, 0.3) is 0 Å². The van der Waals surface area contributed by atoms with E-state index in [2.05, 4.69) is 30.8 Å². The zero-order valence-corrected chi connectivity index (χ0v) is 15.5. The fraction of sp³-hybridized carbons (Fsp3) is 0.167. The van der Waals surface area contributed by atoms with Gasteiger partial charge in [-0.05, 0) is 17.7 Å². The van der Waals surface area contributed by atoms with Crippen LogP contribution in [0, 0.1) is 0 Å². The van der Waals surface area contributed by atoms with Crippen LogP contribution in [-0.2, 0) is 6.54 Å². The lowest BCUT2D eigenvalue weighted by atomic mass is 10.2. The van der Waals surface area contributed by atoms with Crippen LogP contribution >= 0.6 is 0 Å². The number of nitrogens with two attached hydrogens (primary N) is 2. The number of allylic oxidation sites excluding steroid dienone is 1. The van der Waals surface area contributed by atoms with E-state index in [9.17, 15) is 4.79 Å². The first-order chi connectivity index (χ1) is 14.2. The van der Waals surface area contributed by atoms with Crippen molar-refractivity contribution >= 4 is 35.2 Å². The van der Waals surface area contributed by atoms with Crippen molar-refractivity contribution in [1.29, 1.82) is 0 Å². The Bertz CT molecular complexity index is 1060. The lowest BCUT2D eigenvalue weighted by Gasteiger charge is -2.12. The van der Waals surface area contributed by atoms with Crippen molar-refractivity contribution in [3.63, 3.8) is 0 Å². The summed E-state index contributed by atoms with van der Waals surface area (Å²) in [7, 11) is 0. The second-order valence-electron chi connectivity index (χ2n) is 5.91. The van der Waals surface area contributed by atoms with Crippen LogP contribution in [0.15, 0.2) is 41.9 Å². The molecule has 0 amide bonds. The van der Waals surface area contributed by atoms with Crippen LogP contribution in [0.3, 0.4) is 0 Å². The average Bonchev–Trinajstić information content (AvgIpc) is 3.17. The van der Waals surface area contributed by atoms with Crippen molar-refractivity contribution in [2.24, 2.45) is 16.6 Å². The van der Waals surface area contributed by atoms with E-state index in [-0.39, 0.29) is 13.2 Å². The Morgan fingerprint density at radius 1 is 1.34 bits per heavy atom. The Labute approximate surface area is 166 Å². The number of hydrogen-bond donors (Lipinski definition) is 5. The lowest BCUT2D eigenvalue weighted by Crippen LogP contribution is -2.14. The molecule has 3 rings (SSSR count). The summed E-state index contributed by atoms with van der Waals surface area (Å²) < 4.78 is 1.63. The summed E-state index contributed by atoms with van der Waals surface area (Å²) in [4.78, 5) is 23.9. The number of rotatable bonds is 9. The summed E-state index contributed by atoms with van der Waals surface area (Å²) in [6.45, 7) is 0.613. The highest BCUT2D eigenvalue weighted by molar-refractivity contribution is 6.08. The minimum atomic E-state index is -0.0593. The molecule has 0 bridgehead atoms. The minimum absolute atomic E-state index is 0.0593. The first-order valence-electron chi connectivity index (χ1n) is 8.72. The van der Waals surface area contributed by atoms with Gasteiger partial charge in [0, 0.05) is 30.7 Å². The molecule has 3 aromatic heterocycles. The Morgan fingerprint density at radius 3 is 2.93 bits per heavy atom. The maximum atomic E-state index is 11.1. The van der Waals surface area contributed by atoms with Gasteiger partial charge in [-0.2, -0.15) is 5.10 Å². The Morgan fingerprint density at radius 2 is 2.21 bits per heavy atom. The van der Waals surface area contributed by atoms with Crippen LogP contribution in [0.4, 0.5) is 11.6 Å². The third-order valence-corrected chi connectivity index (χ3v) is 4.05. The van der Waals surface area contributed by atoms with Crippen LogP contribution in [0.1, 0.15) is 21.6 Å². The number of nitrogens with zero attached hydrogens (tertiary/aromatic N) is 5. The molecular weight excluding hydrogens is 374 g/mol. The van der Waals surface area contributed by atoms with Crippen molar-refractivity contribution in [3.8, 4) is 0 Å². The zero-order chi connectivity index (χ0) is 20.6. The molecule has 0 aliphatic heterocycles. The van der Waals surface area contributed by atoms with Crippen LogP contribution in [0.5, 0.6) is 0 Å². The molecular formula is C18H21N9O2. The van der Waals surface area contributed by atoms with Crippen molar-refractivity contribution in [2.75, 3.05) is 23.9 Å². The Hall–Kier alpha value is -3.83. The summed E-state index contributed by atoms with van der Waals surface area (Å²) in [6, 6.07) is 3.74. The van der Waals surface area contributed by atoms with Gasteiger partial charge >= 0.3 is 0 Å². The number of aliphatic hydroxyl groups excluding tert-OH is 1. The fourth-order valence-corrected chi connectivity index (χ4v) is 2.60. The van der Waals surface area contributed by atoms with E-state index >= 15 is 0 Å². The van der Waals surface area contributed by atoms with Gasteiger partial charge in [0.1, 0.15) is 0 Å². The number of aliphatic hydroxyl groups is 1. The number of nitrogens with one attached hydrogen (secondary N) is 2. The molecule has 0 aromatic carbocycles. The van der Waals surface area contributed by atoms with Gasteiger partial charge in [0.05, 0.1) is 42.3 Å². The SMILES string of the molecule is NC=C(C=NCCO)c1cnc(NN)c(NCc2ccn3ncc(C=O)c3c2)n1. The maximum absolute atomic E-state index is 11.1. The van der Waals surface area contributed by atoms with Crippen LogP contribution in [-0.4, -0.2) is 50.3 Å². The standard InChI is InChI=1S/C18H21N9O2/c19-6-13(8-21-2-4-28)15-10-23-18(26-20)17(25-15)22-7-12-1-3-27-16(5-12)14(11-29)9-24-27/h1,3,5-6,8-11,28H,2,4,7,19-20H2,(H,22,25)(H,23,26). The number of anilines is 2. The predicted molar refractivity (Wildman–Crippen MR) is 110 cm³/mol. The summed E-state index contributed by atoms with van der Waals surface area (Å²) in [5.41, 5.74) is 11.3. The predicted octanol–water partition coefficient (Wildman–Crippen LogP) is 0.197. The minimum Gasteiger partial charge on any atom is -0.404 e. The number of aliphatic imine (C=N–C) groups is 1. The molecule has 150 valence electrons. The Balaban J connectivity index is 1.83. The van der Waals surface area contributed by atoms with E-state index in [4.69, 9.17) is 16.7 Å². The van der Waals surface area contributed by atoms with Gasteiger partial charge in [-0.1, -0.05) is 0 Å². The average molecular weight is 395 g/mol. The van der Waals surface area contributed by atoms with E-state index < -0.39 is 0 Å². The van der Waals surface area contributed by atoms with E-state index in [1.165, 1.54) is 24.8 Å². The number of carbonyl (C=O) groups excluding carboxylic acids is 1. The van der Waals surface area contributed by atoms with Gasteiger partial charge in [0.15, 0.2) is 17.9 Å². The summed E-state index contributed by atoms with van der Waals surface area (Å²) in [5.74, 6) is 6.32. The normalized spacial score (nSPS) is 11.9. The van der Waals surface area contributed by atoms with Crippen molar-refractivity contribution in [1.82, 2.24) is 19.6 Å². The monoisotopic (exact) mass is 395 g/mol. The highest BCUT2D eigenvalue weighted by Crippen LogP contribution is 2.20. The quantitative estimate of drug-likeness (QED) is 0.147. The van der Waals surface area contributed by atoms with Gasteiger partial charge in [-0.15, -0.1) is 0 Å². The highest BCUT2D eigenvalue weighted by atomic mass is 16.3. The van der Waals surface area contributed by atoms with E-state index in [0.29, 0.717) is 40.5 Å².